The Balaban J connectivity index is 1.97. The fourth-order valence-electron chi connectivity index (χ4n) is 3.39. The number of amides is 1. The number of anilines is 1. The van der Waals surface area contributed by atoms with Crippen molar-refractivity contribution in [2.45, 2.75) is 58.9 Å². The molecule has 27 heavy (non-hydrogen) atoms. The van der Waals surface area contributed by atoms with Gasteiger partial charge in [-0.15, -0.1) is 0 Å². The van der Waals surface area contributed by atoms with Crippen LogP contribution in [0.5, 0.6) is 0 Å². The number of rotatable bonds is 7. The lowest BCUT2D eigenvalue weighted by Gasteiger charge is -2.10. The molecule has 0 bridgehead atoms. The predicted molar refractivity (Wildman–Crippen MR) is 114 cm³/mol. The molecule has 3 aromatic rings. The van der Waals surface area contributed by atoms with Crippen molar-refractivity contribution in [3.63, 3.8) is 0 Å². The number of nitrogens with zero attached hydrogens (tertiary/aromatic N) is 1. The lowest BCUT2D eigenvalue weighted by atomic mass is 10.1. The van der Waals surface area contributed by atoms with Crippen LogP contribution in [0.3, 0.4) is 0 Å². The molecule has 4 nitrogen and oxygen atoms in total. The van der Waals surface area contributed by atoms with Gasteiger partial charge < -0.3 is 10.3 Å². The minimum atomic E-state index is -0.0382. The van der Waals surface area contributed by atoms with Crippen LogP contribution in [0.2, 0.25) is 0 Å². The highest BCUT2D eigenvalue weighted by molar-refractivity contribution is 6.10. The van der Waals surface area contributed by atoms with Crippen molar-refractivity contribution in [1.82, 2.24) is 4.98 Å². The number of aromatic nitrogens is 1. The molecule has 0 aliphatic carbocycles. The summed E-state index contributed by atoms with van der Waals surface area (Å²) in [6.45, 7) is 6.43. The van der Waals surface area contributed by atoms with Crippen molar-refractivity contribution < 1.29 is 4.79 Å². The van der Waals surface area contributed by atoms with Gasteiger partial charge in [-0.3, -0.25) is 4.79 Å². The van der Waals surface area contributed by atoms with Crippen LogP contribution in [0.1, 0.15) is 52.9 Å². The molecule has 3 rings (SSSR count). The van der Waals surface area contributed by atoms with E-state index in [9.17, 15) is 4.79 Å². The Kier molecular flexibility index (Phi) is 6.28. The van der Waals surface area contributed by atoms with Crippen molar-refractivity contribution in [3.05, 3.63) is 47.8 Å². The van der Waals surface area contributed by atoms with E-state index in [1.54, 1.807) is 0 Å². The van der Waals surface area contributed by atoms with Gasteiger partial charge in [-0.2, -0.15) is 0 Å². The van der Waals surface area contributed by atoms with Crippen LogP contribution in [0, 0.1) is 0 Å². The molecule has 0 radical (unpaired) electrons. The molecule has 0 aliphatic heterocycles. The van der Waals surface area contributed by atoms with Crippen molar-refractivity contribution in [3.8, 4) is 0 Å². The van der Waals surface area contributed by atoms with Gasteiger partial charge in [0.1, 0.15) is 0 Å². The monoisotopic (exact) mass is 363 g/mol. The summed E-state index contributed by atoms with van der Waals surface area (Å²) in [6.07, 6.45) is 4.89. The van der Waals surface area contributed by atoms with Gasteiger partial charge in [0.2, 0.25) is 5.91 Å². The van der Waals surface area contributed by atoms with Gasteiger partial charge >= 0.3 is 0 Å². The molecular formula is C23H29N3O. The van der Waals surface area contributed by atoms with Gasteiger partial charge in [0.05, 0.1) is 16.6 Å². The van der Waals surface area contributed by atoms with E-state index in [-0.39, 0.29) is 5.91 Å². The van der Waals surface area contributed by atoms with E-state index >= 15 is 0 Å². The van der Waals surface area contributed by atoms with E-state index in [0.29, 0.717) is 17.8 Å². The summed E-state index contributed by atoms with van der Waals surface area (Å²) >= 11 is 0. The third-order valence-electron chi connectivity index (χ3n) is 4.67. The number of para-hydroxylation sites is 1. The molecule has 0 aliphatic rings. The number of unbranched alkanes of at least 4 members (excludes halogenated alkanes) is 3. The van der Waals surface area contributed by atoms with E-state index in [2.05, 4.69) is 60.3 Å². The van der Waals surface area contributed by atoms with E-state index in [4.69, 9.17) is 0 Å². The molecule has 142 valence electrons. The molecular weight excluding hydrogens is 334 g/mol. The van der Waals surface area contributed by atoms with E-state index in [1.807, 2.05) is 18.2 Å². The lowest BCUT2D eigenvalue weighted by molar-refractivity contribution is -0.118. The summed E-state index contributed by atoms with van der Waals surface area (Å²) in [7, 11) is 0. The number of hydrogen-bond donors (Lipinski definition) is 2. The maximum absolute atomic E-state index is 12.2. The second-order valence-corrected chi connectivity index (χ2v) is 7.39. The SMILES string of the molecule is CCCCCCC(=O)N=c1cccc2c(c1)[nH]c1c(NC(C)C)cccc12. The standard InChI is InChI=1S/C23H29N3O/c1-4-5-6-7-14-22(27)25-17-10-8-11-18-19-12-9-13-20(24-16(2)3)23(19)26-21(18)15-17/h8-13,15-16,24,26H,4-7,14H2,1-3H3. The van der Waals surface area contributed by atoms with Gasteiger partial charge in [-0.1, -0.05) is 50.5 Å². The van der Waals surface area contributed by atoms with Crippen molar-refractivity contribution in [2.24, 2.45) is 4.99 Å². The lowest BCUT2D eigenvalue weighted by Crippen LogP contribution is -2.09. The van der Waals surface area contributed by atoms with Crippen LogP contribution in [0.4, 0.5) is 5.69 Å². The molecule has 1 heterocycles. The highest BCUT2D eigenvalue weighted by atomic mass is 16.1. The number of carbonyl (C=O) groups excluding carboxylic acids is 1. The number of aromatic amines is 1. The normalized spacial score (nSPS) is 12.2. The minimum absolute atomic E-state index is 0.0382. The molecule has 4 heteroatoms. The Morgan fingerprint density at radius 1 is 1.07 bits per heavy atom. The van der Waals surface area contributed by atoms with Crippen LogP contribution < -0.4 is 10.7 Å². The van der Waals surface area contributed by atoms with Crippen LogP contribution in [-0.2, 0) is 4.79 Å². The van der Waals surface area contributed by atoms with E-state index < -0.39 is 0 Å². The second kappa shape index (κ2) is 8.85. The summed E-state index contributed by atoms with van der Waals surface area (Å²) in [5.74, 6) is -0.0382. The third-order valence-corrected chi connectivity index (χ3v) is 4.67. The van der Waals surface area contributed by atoms with Gasteiger partial charge in [0.15, 0.2) is 0 Å². The Morgan fingerprint density at radius 2 is 1.85 bits per heavy atom. The Hall–Kier alpha value is -2.62. The summed E-state index contributed by atoms with van der Waals surface area (Å²) < 4.78 is 0. The Bertz CT molecular complexity index is 1000. The topological polar surface area (TPSA) is 57.2 Å². The second-order valence-electron chi connectivity index (χ2n) is 7.39. The first-order valence-corrected chi connectivity index (χ1v) is 9.97. The predicted octanol–water partition coefficient (Wildman–Crippen LogP) is 5.54. The van der Waals surface area contributed by atoms with Crippen LogP contribution in [0.25, 0.3) is 21.8 Å². The number of hydrogen-bond acceptors (Lipinski definition) is 2. The van der Waals surface area contributed by atoms with E-state index in [0.717, 1.165) is 34.9 Å². The Labute approximate surface area is 160 Å². The largest absolute Gasteiger partial charge is 0.381 e. The third kappa shape index (κ3) is 4.76. The van der Waals surface area contributed by atoms with Gasteiger partial charge in [-0.05, 0) is 38.5 Å². The molecule has 0 atom stereocenters. The zero-order chi connectivity index (χ0) is 19.2. The molecule has 2 aromatic carbocycles. The molecule has 0 spiro atoms. The molecule has 1 amide bonds. The fourth-order valence-corrected chi connectivity index (χ4v) is 3.39. The quantitative estimate of drug-likeness (QED) is 0.542. The van der Waals surface area contributed by atoms with Crippen LogP contribution in [0.15, 0.2) is 47.5 Å². The molecule has 0 fully saturated rings. The summed E-state index contributed by atoms with van der Waals surface area (Å²) in [5, 5.41) is 6.50. The zero-order valence-electron chi connectivity index (χ0n) is 16.5. The first-order chi connectivity index (χ1) is 13.1. The average molecular weight is 364 g/mol. The highest BCUT2D eigenvalue weighted by Crippen LogP contribution is 2.29. The molecule has 0 unspecified atom stereocenters. The fraction of sp³-hybridized carbons (Fsp3) is 0.391. The summed E-state index contributed by atoms with van der Waals surface area (Å²) in [5.41, 5.74) is 3.17. The van der Waals surface area contributed by atoms with Crippen LogP contribution in [-0.4, -0.2) is 16.9 Å². The van der Waals surface area contributed by atoms with Crippen molar-refractivity contribution >= 4 is 33.4 Å². The molecule has 0 saturated heterocycles. The van der Waals surface area contributed by atoms with Crippen molar-refractivity contribution in [2.75, 3.05) is 5.32 Å². The Morgan fingerprint density at radius 3 is 2.63 bits per heavy atom. The first-order valence-electron chi connectivity index (χ1n) is 9.97. The highest BCUT2D eigenvalue weighted by Gasteiger charge is 2.08. The van der Waals surface area contributed by atoms with Crippen molar-refractivity contribution in [1.29, 1.82) is 0 Å². The van der Waals surface area contributed by atoms with E-state index in [1.165, 1.54) is 18.2 Å². The zero-order valence-corrected chi connectivity index (χ0v) is 16.5. The minimum Gasteiger partial charge on any atom is -0.381 e. The number of fused-ring (bicyclic) bond motifs is 3. The number of benzene rings is 1. The molecule has 0 saturated carbocycles. The summed E-state index contributed by atoms with van der Waals surface area (Å²) in [4.78, 5) is 20.0. The van der Waals surface area contributed by atoms with Crippen LogP contribution >= 0.6 is 0 Å². The first kappa shape index (κ1) is 19.2. The number of carbonyl (C=O) groups is 1. The average Bonchev–Trinajstić information content (AvgIpc) is 2.85. The maximum Gasteiger partial charge on any atom is 0.246 e. The molecule has 1 aromatic heterocycles. The van der Waals surface area contributed by atoms with Gasteiger partial charge in [0, 0.05) is 28.8 Å². The smallest absolute Gasteiger partial charge is 0.246 e. The number of H-pyrrole nitrogens is 1. The molecule has 2 N–H and O–H groups in total. The maximum atomic E-state index is 12.2. The summed E-state index contributed by atoms with van der Waals surface area (Å²) in [6, 6.07) is 14.6. The number of nitrogens with one attached hydrogen (secondary N) is 2. The van der Waals surface area contributed by atoms with Gasteiger partial charge in [0.25, 0.3) is 0 Å². The van der Waals surface area contributed by atoms with Gasteiger partial charge in [-0.25, -0.2) is 4.99 Å².